The van der Waals surface area contributed by atoms with Crippen LogP contribution in [0.4, 0.5) is 5.82 Å². The highest BCUT2D eigenvalue weighted by molar-refractivity contribution is 6.30. The van der Waals surface area contributed by atoms with E-state index in [0.29, 0.717) is 11.1 Å². The maximum absolute atomic E-state index is 6.22. The Morgan fingerprint density at radius 3 is 2.70 bits per heavy atom. The maximum atomic E-state index is 6.22. The largest absolute Gasteiger partial charge is 0.369 e. The van der Waals surface area contributed by atoms with Crippen LogP contribution in [0.15, 0.2) is 0 Å². The summed E-state index contributed by atoms with van der Waals surface area (Å²) in [6, 6.07) is 0. The number of hydrogen-bond donors (Lipinski definition) is 1. The highest BCUT2D eigenvalue weighted by Crippen LogP contribution is 2.29. The number of hydrogen-bond acceptors (Lipinski definition) is 3. The summed E-state index contributed by atoms with van der Waals surface area (Å²) < 4.78 is 0. The molecule has 2 unspecified atom stereocenters. The van der Waals surface area contributed by atoms with E-state index < -0.39 is 0 Å². The van der Waals surface area contributed by atoms with Gasteiger partial charge in [-0.3, -0.25) is 0 Å². The van der Waals surface area contributed by atoms with Gasteiger partial charge in [0.15, 0.2) is 0 Å². The smallest absolute Gasteiger partial charge is 0.137 e. The molecule has 3 nitrogen and oxygen atoms in total. The lowest BCUT2D eigenvalue weighted by molar-refractivity contribution is 0.293. The quantitative estimate of drug-likeness (QED) is 0.811. The number of nitrogens with one attached hydrogen (secondary N) is 1. The molecule has 20 heavy (non-hydrogen) atoms. The summed E-state index contributed by atoms with van der Waals surface area (Å²) in [7, 11) is 0. The highest BCUT2D eigenvalue weighted by atomic mass is 35.5. The molecule has 2 atom stereocenters. The fraction of sp³-hybridized carbons (Fsp3) is 0.750. The van der Waals surface area contributed by atoms with E-state index in [2.05, 4.69) is 36.1 Å². The van der Waals surface area contributed by atoms with Crippen LogP contribution in [0.3, 0.4) is 0 Å². The molecule has 1 saturated carbocycles. The van der Waals surface area contributed by atoms with Gasteiger partial charge in [0.2, 0.25) is 0 Å². The third kappa shape index (κ3) is 3.85. The van der Waals surface area contributed by atoms with E-state index in [0.717, 1.165) is 35.6 Å². The minimum Gasteiger partial charge on any atom is -0.369 e. The summed E-state index contributed by atoms with van der Waals surface area (Å²) in [4.78, 5) is 8.98. The zero-order chi connectivity index (χ0) is 14.7. The summed E-state index contributed by atoms with van der Waals surface area (Å²) in [5.41, 5.74) is 0.958. The molecule has 0 saturated heterocycles. The van der Waals surface area contributed by atoms with Crippen LogP contribution in [-0.2, 0) is 0 Å². The van der Waals surface area contributed by atoms with Crippen molar-refractivity contribution in [2.45, 2.75) is 59.3 Å². The summed E-state index contributed by atoms with van der Waals surface area (Å²) in [5, 5.41) is 4.08. The van der Waals surface area contributed by atoms with Crippen molar-refractivity contribution in [2.24, 2.45) is 11.8 Å². The highest BCUT2D eigenvalue weighted by Gasteiger charge is 2.19. The zero-order valence-corrected chi connectivity index (χ0v) is 13.8. The molecule has 0 spiro atoms. The molecule has 0 aliphatic heterocycles. The van der Waals surface area contributed by atoms with Crippen molar-refractivity contribution in [3.05, 3.63) is 16.5 Å². The van der Waals surface area contributed by atoms with Crippen LogP contribution >= 0.6 is 11.6 Å². The molecule has 1 heterocycles. The Morgan fingerprint density at radius 2 is 2.05 bits per heavy atom. The Bertz CT molecular complexity index is 459. The first-order chi connectivity index (χ1) is 9.47. The van der Waals surface area contributed by atoms with Gasteiger partial charge in [0, 0.05) is 18.0 Å². The van der Waals surface area contributed by atoms with Crippen LogP contribution in [0, 0.1) is 18.8 Å². The number of halogens is 1. The normalized spacial score (nSPS) is 23.1. The second kappa shape index (κ2) is 6.75. The van der Waals surface area contributed by atoms with Gasteiger partial charge in [0.25, 0.3) is 0 Å². The second-order valence-electron chi connectivity index (χ2n) is 6.52. The number of nitrogens with zero attached hydrogens (tertiary/aromatic N) is 2. The Morgan fingerprint density at radius 1 is 1.30 bits per heavy atom. The molecule has 1 fully saturated rings. The molecule has 1 N–H and O–H groups in total. The Hall–Kier alpha value is -0.830. The fourth-order valence-electron chi connectivity index (χ4n) is 2.92. The van der Waals surface area contributed by atoms with Crippen LogP contribution in [-0.4, -0.2) is 16.5 Å². The minimum atomic E-state index is 0.295. The Balaban J connectivity index is 2.04. The van der Waals surface area contributed by atoms with Gasteiger partial charge in [-0.25, -0.2) is 9.97 Å². The second-order valence-corrected chi connectivity index (χ2v) is 6.88. The lowest BCUT2D eigenvalue weighted by Gasteiger charge is -2.27. The third-order valence-corrected chi connectivity index (χ3v) is 4.59. The standard InChI is InChI=1S/C16H26ClN3/c1-10(2)15-19-14(17)12(4)16(20-15)18-9-13-7-5-6-11(3)8-13/h10-11,13H,5-9H2,1-4H3,(H,18,19,20). The van der Waals surface area contributed by atoms with Gasteiger partial charge in [0.1, 0.15) is 16.8 Å². The van der Waals surface area contributed by atoms with Crippen LogP contribution in [0.1, 0.15) is 63.8 Å². The molecule has 2 rings (SSSR count). The summed E-state index contributed by atoms with van der Waals surface area (Å²) in [5.74, 6) is 3.64. The summed E-state index contributed by atoms with van der Waals surface area (Å²) >= 11 is 6.22. The molecule has 0 aromatic carbocycles. The van der Waals surface area contributed by atoms with Crippen molar-refractivity contribution in [2.75, 3.05) is 11.9 Å². The molecular formula is C16H26ClN3. The van der Waals surface area contributed by atoms with Crippen LogP contribution in [0.25, 0.3) is 0 Å². The van der Waals surface area contributed by atoms with E-state index in [1.165, 1.54) is 25.7 Å². The van der Waals surface area contributed by atoms with Gasteiger partial charge in [0.05, 0.1) is 0 Å². The lowest BCUT2D eigenvalue weighted by Crippen LogP contribution is -2.22. The molecule has 0 bridgehead atoms. The van der Waals surface area contributed by atoms with Crippen molar-refractivity contribution < 1.29 is 0 Å². The van der Waals surface area contributed by atoms with Crippen molar-refractivity contribution in [3.63, 3.8) is 0 Å². The molecule has 1 aliphatic rings. The Labute approximate surface area is 127 Å². The van der Waals surface area contributed by atoms with Crippen molar-refractivity contribution in [3.8, 4) is 0 Å². The number of anilines is 1. The zero-order valence-electron chi connectivity index (χ0n) is 13.0. The van der Waals surface area contributed by atoms with E-state index in [1.54, 1.807) is 0 Å². The minimum absolute atomic E-state index is 0.295. The van der Waals surface area contributed by atoms with E-state index in [4.69, 9.17) is 11.6 Å². The van der Waals surface area contributed by atoms with Crippen LogP contribution < -0.4 is 5.32 Å². The number of rotatable bonds is 4. The SMILES string of the molecule is Cc1c(Cl)nc(C(C)C)nc1NCC1CCCC(C)C1. The summed E-state index contributed by atoms with van der Waals surface area (Å²) in [6.45, 7) is 9.52. The molecule has 1 aromatic rings. The predicted octanol–water partition coefficient (Wildman–Crippen LogP) is 4.80. The number of aromatic nitrogens is 2. The van der Waals surface area contributed by atoms with Crippen LogP contribution in [0.5, 0.6) is 0 Å². The van der Waals surface area contributed by atoms with E-state index >= 15 is 0 Å². The van der Waals surface area contributed by atoms with Gasteiger partial charge in [-0.05, 0) is 31.6 Å². The van der Waals surface area contributed by atoms with Gasteiger partial charge in [-0.2, -0.15) is 0 Å². The van der Waals surface area contributed by atoms with Gasteiger partial charge >= 0.3 is 0 Å². The molecule has 4 heteroatoms. The maximum Gasteiger partial charge on any atom is 0.137 e. The first-order valence-corrected chi connectivity index (χ1v) is 8.13. The average Bonchev–Trinajstić information content (AvgIpc) is 2.40. The average molecular weight is 296 g/mol. The first-order valence-electron chi connectivity index (χ1n) is 7.75. The van der Waals surface area contributed by atoms with Gasteiger partial charge in [-0.1, -0.05) is 45.2 Å². The first kappa shape index (κ1) is 15.6. The molecule has 1 aliphatic carbocycles. The molecule has 0 amide bonds. The molecule has 1 aromatic heterocycles. The van der Waals surface area contributed by atoms with E-state index in [-0.39, 0.29) is 0 Å². The van der Waals surface area contributed by atoms with Gasteiger partial charge < -0.3 is 5.32 Å². The van der Waals surface area contributed by atoms with Gasteiger partial charge in [-0.15, -0.1) is 0 Å². The summed E-state index contributed by atoms with van der Waals surface area (Å²) in [6.07, 6.45) is 5.38. The van der Waals surface area contributed by atoms with Crippen molar-refractivity contribution in [1.29, 1.82) is 0 Å². The topological polar surface area (TPSA) is 37.8 Å². The molecular weight excluding hydrogens is 270 g/mol. The lowest BCUT2D eigenvalue weighted by atomic mass is 9.82. The molecule has 0 radical (unpaired) electrons. The van der Waals surface area contributed by atoms with Crippen molar-refractivity contribution >= 4 is 17.4 Å². The van der Waals surface area contributed by atoms with E-state index in [9.17, 15) is 0 Å². The predicted molar refractivity (Wildman–Crippen MR) is 85.5 cm³/mol. The molecule has 112 valence electrons. The third-order valence-electron chi connectivity index (χ3n) is 4.22. The van der Waals surface area contributed by atoms with E-state index in [1.807, 2.05) is 6.92 Å². The van der Waals surface area contributed by atoms with Crippen molar-refractivity contribution in [1.82, 2.24) is 9.97 Å². The van der Waals surface area contributed by atoms with Crippen LogP contribution in [0.2, 0.25) is 5.15 Å². The fourth-order valence-corrected chi connectivity index (χ4v) is 3.10. The Kier molecular flexibility index (Phi) is 5.25. The monoisotopic (exact) mass is 295 g/mol.